The SMILES string of the molecule is COc1cc(C(=O)NCCCN2CCC(C)CC2)cc(OC)c1C. The zero-order valence-electron chi connectivity index (χ0n) is 15.4. The lowest BCUT2D eigenvalue weighted by Gasteiger charge is -2.30. The van der Waals surface area contributed by atoms with Gasteiger partial charge in [-0.15, -0.1) is 0 Å². The fourth-order valence-electron chi connectivity index (χ4n) is 3.11. The first-order chi connectivity index (χ1) is 11.5. The van der Waals surface area contributed by atoms with Crippen molar-refractivity contribution in [3.8, 4) is 11.5 Å². The van der Waals surface area contributed by atoms with Gasteiger partial charge in [0.1, 0.15) is 11.5 Å². The number of nitrogens with one attached hydrogen (secondary N) is 1. The Morgan fingerprint density at radius 3 is 2.33 bits per heavy atom. The van der Waals surface area contributed by atoms with Crippen LogP contribution in [0.4, 0.5) is 0 Å². The summed E-state index contributed by atoms with van der Waals surface area (Å²) in [5, 5.41) is 2.99. The minimum absolute atomic E-state index is 0.0844. The number of ether oxygens (including phenoxy) is 2. The van der Waals surface area contributed by atoms with E-state index in [1.165, 1.54) is 25.9 Å². The van der Waals surface area contributed by atoms with Crippen molar-refractivity contribution in [1.82, 2.24) is 10.2 Å². The van der Waals surface area contributed by atoms with Crippen LogP contribution in [0.15, 0.2) is 12.1 Å². The molecule has 1 aliphatic heterocycles. The van der Waals surface area contributed by atoms with Gasteiger partial charge in [-0.2, -0.15) is 0 Å². The summed E-state index contributed by atoms with van der Waals surface area (Å²) in [6.07, 6.45) is 3.55. The van der Waals surface area contributed by atoms with Crippen molar-refractivity contribution in [3.05, 3.63) is 23.3 Å². The first kappa shape index (κ1) is 18.6. The Hall–Kier alpha value is -1.75. The minimum atomic E-state index is -0.0844. The molecule has 1 amide bonds. The van der Waals surface area contributed by atoms with Crippen LogP contribution < -0.4 is 14.8 Å². The molecule has 1 saturated heterocycles. The van der Waals surface area contributed by atoms with Crippen molar-refractivity contribution in [2.24, 2.45) is 5.92 Å². The topological polar surface area (TPSA) is 50.8 Å². The number of hydrogen-bond donors (Lipinski definition) is 1. The van der Waals surface area contributed by atoms with Gasteiger partial charge in [-0.3, -0.25) is 4.79 Å². The van der Waals surface area contributed by atoms with Crippen molar-refractivity contribution in [2.45, 2.75) is 33.1 Å². The van der Waals surface area contributed by atoms with E-state index in [-0.39, 0.29) is 5.91 Å². The fourth-order valence-corrected chi connectivity index (χ4v) is 3.11. The second-order valence-corrected chi connectivity index (χ2v) is 6.64. The zero-order chi connectivity index (χ0) is 17.5. The molecule has 1 N–H and O–H groups in total. The summed E-state index contributed by atoms with van der Waals surface area (Å²) >= 11 is 0. The fraction of sp³-hybridized carbons (Fsp3) is 0.632. The van der Waals surface area contributed by atoms with Gasteiger partial charge in [-0.05, 0) is 63.9 Å². The van der Waals surface area contributed by atoms with E-state index >= 15 is 0 Å². The maximum atomic E-state index is 12.4. The van der Waals surface area contributed by atoms with E-state index in [4.69, 9.17) is 9.47 Å². The van der Waals surface area contributed by atoms with Crippen LogP contribution in [0.2, 0.25) is 0 Å². The van der Waals surface area contributed by atoms with Gasteiger partial charge in [0.25, 0.3) is 5.91 Å². The van der Waals surface area contributed by atoms with Crippen LogP contribution in [0.25, 0.3) is 0 Å². The maximum absolute atomic E-state index is 12.4. The van der Waals surface area contributed by atoms with Crippen LogP contribution in [0.5, 0.6) is 11.5 Å². The lowest BCUT2D eigenvalue weighted by molar-refractivity contribution is 0.0950. The van der Waals surface area contributed by atoms with Crippen LogP contribution >= 0.6 is 0 Å². The van der Waals surface area contributed by atoms with Gasteiger partial charge in [-0.1, -0.05) is 6.92 Å². The van der Waals surface area contributed by atoms with Gasteiger partial charge in [0, 0.05) is 17.7 Å². The number of amides is 1. The number of methoxy groups -OCH3 is 2. The second-order valence-electron chi connectivity index (χ2n) is 6.64. The average molecular weight is 334 g/mol. The number of hydrogen-bond acceptors (Lipinski definition) is 4. The van der Waals surface area contributed by atoms with E-state index in [9.17, 15) is 4.79 Å². The molecule has 0 bridgehead atoms. The summed E-state index contributed by atoms with van der Waals surface area (Å²) in [7, 11) is 3.20. The molecule has 1 heterocycles. The Bertz CT molecular complexity index is 527. The molecule has 5 nitrogen and oxygen atoms in total. The van der Waals surface area contributed by atoms with Crippen LogP contribution in [0.3, 0.4) is 0 Å². The quantitative estimate of drug-likeness (QED) is 0.779. The van der Waals surface area contributed by atoms with E-state index < -0.39 is 0 Å². The monoisotopic (exact) mass is 334 g/mol. The zero-order valence-corrected chi connectivity index (χ0v) is 15.4. The maximum Gasteiger partial charge on any atom is 0.251 e. The number of likely N-dealkylation sites (tertiary alicyclic amines) is 1. The molecule has 0 spiro atoms. The van der Waals surface area contributed by atoms with Crippen molar-refractivity contribution in [1.29, 1.82) is 0 Å². The van der Waals surface area contributed by atoms with Gasteiger partial charge in [0.05, 0.1) is 14.2 Å². The number of benzene rings is 1. The molecule has 0 atom stereocenters. The molecule has 134 valence electrons. The molecule has 0 unspecified atom stereocenters. The molecule has 0 saturated carbocycles. The summed E-state index contributed by atoms with van der Waals surface area (Å²) in [4.78, 5) is 14.8. The highest BCUT2D eigenvalue weighted by atomic mass is 16.5. The van der Waals surface area contributed by atoms with Crippen LogP contribution in [-0.4, -0.2) is 51.2 Å². The van der Waals surface area contributed by atoms with Crippen molar-refractivity contribution in [2.75, 3.05) is 40.4 Å². The van der Waals surface area contributed by atoms with Gasteiger partial charge in [-0.25, -0.2) is 0 Å². The molecule has 1 fully saturated rings. The molecule has 0 radical (unpaired) electrons. The molecular weight excluding hydrogens is 304 g/mol. The summed E-state index contributed by atoms with van der Waals surface area (Å²) in [5.41, 5.74) is 1.47. The summed E-state index contributed by atoms with van der Waals surface area (Å²) in [6.45, 7) is 8.33. The largest absolute Gasteiger partial charge is 0.496 e. The minimum Gasteiger partial charge on any atom is -0.496 e. The third-order valence-corrected chi connectivity index (χ3v) is 4.83. The molecule has 2 rings (SSSR count). The van der Waals surface area contributed by atoms with E-state index in [1.807, 2.05) is 6.92 Å². The molecule has 0 aromatic heterocycles. The smallest absolute Gasteiger partial charge is 0.251 e. The summed E-state index contributed by atoms with van der Waals surface area (Å²) < 4.78 is 10.7. The van der Waals surface area contributed by atoms with E-state index in [1.54, 1.807) is 26.4 Å². The van der Waals surface area contributed by atoms with Crippen molar-refractivity contribution in [3.63, 3.8) is 0 Å². The van der Waals surface area contributed by atoms with Crippen LogP contribution in [0, 0.1) is 12.8 Å². The molecule has 1 aliphatic rings. The van der Waals surface area contributed by atoms with Gasteiger partial charge < -0.3 is 19.7 Å². The summed E-state index contributed by atoms with van der Waals surface area (Å²) in [6, 6.07) is 3.53. The molecule has 24 heavy (non-hydrogen) atoms. The Morgan fingerprint density at radius 2 is 1.79 bits per heavy atom. The number of piperidine rings is 1. The normalized spacial score (nSPS) is 16.0. The Kier molecular flexibility index (Phi) is 6.91. The predicted octanol–water partition coefficient (Wildman–Crippen LogP) is 2.86. The lowest BCUT2D eigenvalue weighted by Crippen LogP contribution is -2.35. The highest BCUT2D eigenvalue weighted by Crippen LogP contribution is 2.29. The van der Waals surface area contributed by atoms with E-state index in [0.29, 0.717) is 23.6 Å². The highest BCUT2D eigenvalue weighted by Gasteiger charge is 2.16. The first-order valence-electron chi connectivity index (χ1n) is 8.78. The van der Waals surface area contributed by atoms with E-state index in [2.05, 4.69) is 17.1 Å². The molecule has 1 aromatic rings. The lowest BCUT2D eigenvalue weighted by atomic mass is 9.99. The van der Waals surface area contributed by atoms with Crippen molar-refractivity contribution >= 4 is 5.91 Å². The number of nitrogens with zero attached hydrogens (tertiary/aromatic N) is 1. The van der Waals surface area contributed by atoms with Gasteiger partial charge in [0.15, 0.2) is 0 Å². The molecule has 1 aromatic carbocycles. The molecular formula is C19H30N2O3. The van der Waals surface area contributed by atoms with Crippen LogP contribution in [0.1, 0.15) is 42.1 Å². The van der Waals surface area contributed by atoms with Gasteiger partial charge >= 0.3 is 0 Å². The van der Waals surface area contributed by atoms with E-state index in [0.717, 1.165) is 24.4 Å². The molecule has 0 aliphatic carbocycles. The Morgan fingerprint density at radius 1 is 1.21 bits per heavy atom. The molecule has 5 heteroatoms. The number of rotatable bonds is 7. The predicted molar refractivity (Wildman–Crippen MR) is 96.1 cm³/mol. The van der Waals surface area contributed by atoms with Crippen LogP contribution in [-0.2, 0) is 0 Å². The summed E-state index contributed by atoms with van der Waals surface area (Å²) in [5.74, 6) is 2.11. The number of carbonyl (C=O) groups is 1. The Balaban J connectivity index is 1.82. The Labute approximate surface area is 145 Å². The van der Waals surface area contributed by atoms with Crippen molar-refractivity contribution < 1.29 is 14.3 Å². The average Bonchev–Trinajstić information content (AvgIpc) is 2.60. The third-order valence-electron chi connectivity index (χ3n) is 4.83. The highest BCUT2D eigenvalue weighted by molar-refractivity contribution is 5.95. The second kappa shape index (κ2) is 8.92. The standard InChI is InChI=1S/C19H30N2O3/c1-14-6-10-21(11-7-14)9-5-8-20-19(22)16-12-17(23-3)15(2)18(13-16)24-4/h12-14H,5-11H2,1-4H3,(H,20,22). The first-order valence-corrected chi connectivity index (χ1v) is 8.78. The van der Waals surface area contributed by atoms with Gasteiger partial charge in [0.2, 0.25) is 0 Å². The third kappa shape index (κ3) is 4.87. The number of carbonyl (C=O) groups excluding carboxylic acids is 1.